The molecule has 0 aliphatic carbocycles. The summed E-state index contributed by atoms with van der Waals surface area (Å²) >= 11 is 0. The fourth-order valence-electron chi connectivity index (χ4n) is 2.27. The lowest BCUT2D eigenvalue weighted by Crippen LogP contribution is -2.07. The van der Waals surface area contributed by atoms with E-state index >= 15 is 0 Å². The Bertz CT molecular complexity index is 583. The number of ether oxygens (including phenoxy) is 2. The molecule has 1 aromatic carbocycles. The van der Waals surface area contributed by atoms with Crippen LogP contribution in [0.2, 0.25) is 0 Å². The zero-order chi connectivity index (χ0) is 14.7. The Morgan fingerprint density at radius 1 is 1.10 bits per heavy atom. The minimum Gasteiger partial charge on any atom is -0.497 e. The fraction of sp³-hybridized carbons (Fsp3) is 0.400. The summed E-state index contributed by atoms with van der Waals surface area (Å²) in [6, 6.07) is 5.75. The minimum atomic E-state index is 0.752. The highest BCUT2D eigenvalue weighted by molar-refractivity contribution is 5.47. The Hall–Kier alpha value is -2.01. The summed E-state index contributed by atoms with van der Waals surface area (Å²) < 4.78 is 12.5. The molecular formula is C15H21N3O2. The smallest absolute Gasteiger partial charge is 0.124 e. The van der Waals surface area contributed by atoms with Crippen LogP contribution in [-0.2, 0) is 6.54 Å². The maximum atomic E-state index is 5.31. The zero-order valence-corrected chi connectivity index (χ0v) is 12.7. The van der Waals surface area contributed by atoms with Crippen LogP contribution >= 0.6 is 0 Å². The van der Waals surface area contributed by atoms with Gasteiger partial charge in [-0.1, -0.05) is 0 Å². The van der Waals surface area contributed by atoms with Gasteiger partial charge >= 0.3 is 0 Å². The third-order valence-corrected chi connectivity index (χ3v) is 3.38. The van der Waals surface area contributed by atoms with Crippen molar-refractivity contribution >= 4 is 0 Å². The normalized spacial score (nSPS) is 10.7. The molecule has 2 aromatic rings. The molecule has 0 unspecified atom stereocenters. The van der Waals surface area contributed by atoms with Gasteiger partial charge < -0.3 is 14.8 Å². The topological polar surface area (TPSA) is 48.3 Å². The van der Waals surface area contributed by atoms with Crippen molar-refractivity contribution in [2.24, 2.45) is 0 Å². The minimum absolute atomic E-state index is 0.752. The molecule has 108 valence electrons. The number of nitrogens with zero attached hydrogens (tertiary/aromatic N) is 2. The number of hydrogen-bond acceptors (Lipinski definition) is 4. The average molecular weight is 275 g/mol. The Labute approximate surface area is 119 Å². The molecule has 2 rings (SSSR count). The van der Waals surface area contributed by atoms with Gasteiger partial charge in [0.2, 0.25) is 0 Å². The van der Waals surface area contributed by atoms with Gasteiger partial charge in [0.1, 0.15) is 11.5 Å². The first kappa shape index (κ1) is 14.4. The van der Waals surface area contributed by atoms with Crippen LogP contribution in [0.4, 0.5) is 0 Å². The highest BCUT2D eigenvalue weighted by Gasteiger charge is 2.13. The van der Waals surface area contributed by atoms with E-state index in [0.717, 1.165) is 35.1 Å². The van der Waals surface area contributed by atoms with E-state index in [1.807, 2.05) is 36.9 Å². The second-order valence-electron chi connectivity index (χ2n) is 4.66. The standard InChI is InChI=1S/C15H21N3O2/c1-10-15(9-16-3)11(2)18(17-10)12-6-13(19-4)8-14(7-12)20-5/h6-8,16H,9H2,1-5H3. The number of aryl methyl sites for hydroxylation is 1. The average Bonchev–Trinajstić information content (AvgIpc) is 2.75. The quantitative estimate of drug-likeness (QED) is 0.909. The van der Waals surface area contributed by atoms with Gasteiger partial charge in [-0.2, -0.15) is 5.10 Å². The highest BCUT2D eigenvalue weighted by atomic mass is 16.5. The van der Waals surface area contributed by atoms with Gasteiger partial charge in [-0.15, -0.1) is 0 Å². The lowest BCUT2D eigenvalue weighted by Gasteiger charge is -2.10. The van der Waals surface area contributed by atoms with Gasteiger partial charge in [-0.25, -0.2) is 4.68 Å². The first-order valence-electron chi connectivity index (χ1n) is 6.53. The summed E-state index contributed by atoms with van der Waals surface area (Å²) in [6.45, 7) is 4.89. The molecular weight excluding hydrogens is 254 g/mol. The van der Waals surface area contributed by atoms with E-state index < -0.39 is 0 Å². The van der Waals surface area contributed by atoms with E-state index in [1.165, 1.54) is 5.56 Å². The number of rotatable bonds is 5. The third kappa shape index (κ3) is 2.63. The lowest BCUT2D eigenvalue weighted by atomic mass is 10.2. The van der Waals surface area contributed by atoms with Crippen molar-refractivity contribution in [3.63, 3.8) is 0 Å². The fourth-order valence-corrected chi connectivity index (χ4v) is 2.27. The van der Waals surface area contributed by atoms with Crippen LogP contribution in [0.15, 0.2) is 18.2 Å². The molecule has 5 heteroatoms. The van der Waals surface area contributed by atoms with Gasteiger partial charge in [0.15, 0.2) is 0 Å². The van der Waals surface area contributed by atoms with Gasteiger partial charge in [0.05, 0.1) is 25.6 Å². The molecule has 0 aliphatic heterocycles. The Balaban J connectivity index is 2.53. The van der Waals surface area contributed by atoms with E-state index in [2.05, 4.69) is 17.3 Å². The molecule has 0 saturated heterocycles. The van der Waals surface area contributed by atoms with E-state index in [-0.39, 0.29) is 0 Å². The van der Waals surface area contributed by atoms with Gasteiger partial charge in [0, 0.05) is 36.0 Å². The van der Waals surface area contributed by atoms with Crippen molar-refractivity contribution in [1.29, 1.82) is 0 Å². The molecule has 1 aromatic heterocycles. The lowest BCUT2D eigenvalue weighted by molar-refractivity contribution is 0.394. The second kappa shape index (κ2) is 5.96. The maximum Gasteiger partial charge on any atom is 0.124 e. The Kier molecular flexibility index (Phi) is 4.29. The van der Waals surface area contributed by atoms with Crippen molar-refractivity contribution in [3.05, 3.63) is 35.2 Å². The molecule has 0 saturated carbocycles. The number of nitrogens with one attached hydrogen (secondary N) is 1. The van der Waals surface area contributed by atoms with Crippen LogP contribution < -0.4 is 14.8 Å². The predicted octanol–water partition coefficient (Wildman–Crippen LogP) is 2.23. The van der Waals surface area contributed by atoms with Gasteiger partial charge in [-0.05, 0) is 20.9 Å². The van der Waals surface area contributed by atoms with Crippen molar-refractivity contribution in [1.82, 2.24) is 15.1 Å². The summed E-state index contributed by atoms with van der Waals surface area (Å²) in [4.78, 5) is 0. The van der Waals surface area contributed by atoms with Crippen molar-refractivity contribution in [3.8, 4) is 17.2 Å². The SMILES string of the molecule is CNCc1c(C)nn(-c2cc(OC)cc(OC)c2)c1C. The van der Waals surface area contributed by atoms with Crippen LogP contribution in [-0.4, -0.2) is 31.0 Å². The predicted molar refractivity (Wildman–Crippen MR) is 78.9 cm³/mol. The molecule has 0 radical (unpaired) electrons. The molecule has 0 spiro atoms. The zero-order valence-electron chi connectivity index (χ0n) is 12.7. The molecule has 20 heavy (non-hydrogen) atoms. The van der Waals surface area contributed by atoms with Crippen LogP contribution in [0.5, 0.6) is 11.5 Å². The van der Waals surface area contributed by atoms with Crippen molar-refractivity contribution in [2.45, 2.75) is 20.4 Å². The first-order valence-corrected chi connectivity index (χ1v) is 6.53. The number of benzene rings is 1. The summed E-state index contributed by atoms with van der Waals surface area (Å²) in [6.07, 6.45) is 0. The molecule has 0 bridgehead atoms. The summed E-state index contributed by atoms with van der Waals surface area (Å²) in [5.41, 5.74) is 4.30. The largest absolute Gasteiger partial charge is 0.497 e. The number of methoxy groups -OCH3 is 2. The summed E-state index contributed by atoms with van der Waals surface area (Å²) in [7, 11) is 5.23. The van der Waals surface area contributed by atoms with Crippen molar-refractivity contribution < 1.29 is 9.47 Å². The first-order chi connectivity index (χ1) is 9.60. The Morgan fingerprint density at radius 2 is 1.70 bits per heavy atom. The highest BCUT2D eigenvalue weighted by Crippen LogP contribution is 2.26. The summed E-state index contributed by atoms with van der Waals surface area (Å²) in [5, 5.41) is 7.79. The second-order valence-corrected chi connectivity index (χ2v) is 4.66. The summed E-state index contributed by atoms with van der Waals surface area (Å²) in [5.74, 6) is 1.50. The van der Waals surface area contributed by atoms with Crippen molar-refractivity contribution in [2.75, 3.05) is 21.3 Å². The molecule has 1 heterocycles. The van der Waals surface area contributed by atoms with Gasteiger partial charge in [0.25, 0.3) is 0 Å². The molecule has 0 fully saturated rings. The van der Waals surface area contributed by atoms with E-state index in [0.29, 0.717) is 0 Å². The molecule has 1 N–H and O–H groups in total. The van der Waals surface area contributed by atoms with Crippen LogP contribution in [0.25, 0.3) is 5.69 Å². The van der Waals surface area contributed by atoms with Gasteiger partial charge in [-0.3, -0.25) is 0 Å². The molecule has 0 aliphatic rings. The monoisotopic (exact) mass is 275 g/mol. The Morgan fingerprint density at radius 3 is 2.20 bits per heavy atom. The number of aromatic nitrogens is 2. The van der Waals surface area contributed by atoms with E-state index in [1.54, 1.807) is 14.2 Å². The van der Waals surface area contributed by atoms with Crippen LogP contribution in [0.3, 0.4) is 0 Å². The van der Waals surface area contributed by atoms with Crippen LogP contribution in [0, 0.1) is 13.8 Å². The molecule has 0 atom stereocenters. The molecule has 5 nitrogen and oxygen atoms in total. The van der Waals surface area contributed by atoms with Crippen LogP contribution in [0.1, 0.15) is 17.0 Å². The molecule has 0 amide bonds. The number of hydrogen-bond donors (Lipinski definition) is 1. The third-order valence-electron chi connectivity index (χ3n) is 3.38. The maximum absolute atomic E-state index is 5.31. The van der Waals surface area contributed by atoms with E-state index in [9.17, 15) is 0 Å². The van der Waals surface area contributed by atoms with E-state index in [4.69, 9.17) is 9.47 Å².